The third-order valence-electron chi connectivity index (χ3n) is 3.38. The standard InChI is InChI=1S/C14H16BrClN2O2/c15-10-1-2-12-13(7-10)18(14(17-12)3-4-16)8-11-9-19-5-6-20-11/h1-2,7,11H,3-6,8-9H2. The number of halogens is 2. The molecular formula is C14H16BrClN2O2. The van der Waals surface area contributed by atoms with Gasteiger partial charge in [-0.25, -0.2) is 4.98 Å². The van der Waals surface area contributed by atoms with E-state index in [1.165, 1.54) is 0 Å². The monoisotopic (exact) mass is 358 g/mol. The van der Waals surface area contributed by atoms with Gasteiger partial charge in [-0.3, -0.25) is 0 Å². The largest absolute Gasteiger partial charge is 0.376 e. The number of aromatic nitrogens is 2. The Morgan fingerprint density at radius 1 is 1.40 bits per heavy atom. The SMILES string of the molecule is ClCCc1nc2ccc(Br)cc2n1CC1COCCO1. The lowest BCUT2D eigenvalue weighted by atomic mass is 10.3. The fourth-order valence-corrected chi connectivity index (χ4v) is 2.99. The lowest BCUT2D eigenvalue weighted by molar-refractivity contribution is -0.0934. The molecule has 3 rings (SSSR count). The third-order valence-corrected chi connectivity index (χ3v) is 4.06. The molecule has 0 aliphatic carbocycles. The predicted molar refractivity (Wildman–Crippen MR) is 82.4 cm³/mol. The Bertz CT molecular complexity index is 596. The highest BCUT2D eigenvalue weighted by Crippen LogP contribution is 2.22. The van der Waals surface area contributed by atoms with E-state index in [0.29, 0.717) is 25.7 Å². The average molecular weight is 360 g/mol. The van der Waals surface area contributed by atoms with Crippen LogP contribution in [0, 0.1) is 0 Å². The molecule has 2 aromatic rings. The van der Waals surface area contributed by atoms with Gasteiger partial charge in [0.1, 0.15) is 5.82 Å². The fraction of sp³-hybridized carbons (Fsp3) is 0.500. The number of benzene rings is 1. The highest BCUT2D eigenvalue weighted by molar-refractivity contribution is 9.10. The van der Waals surface area contributed by atoms with Gasteiger partial charge in [0, 0.05) is 16.8 Å². The lowest BCUT2D eigenvalue weighted by Crippen LogP contribution is -2.32. The summed E-state index contributed by atoms with van der Waals surface area (Å²) in [5.41, 5.74) is 2.10. The molecule has 1 atom stereocenters. The van der Waals surface area contributed by atoms with E-state index in [-0.39, 0.29) is 6.10 Å². The van der Waals surface area contributed by atoms with Gasteiger partial charge in [-0.1, -0.05) is 15.9 Å². The van der Waals surface area contributed by atoms with Gasteiger partial charge in [-0.15, -0.1) is 11.6 Å². The first kappa shape index (κ1) is 14.3. The molecule has 6 heteroatoms. The van der Waals surface area contributed by atoms with Crippen molar-refractivity contribution >= 4 is 38.6 Å². The Balaban J connectivity index is 1.96. The molecule has 2 heterocycles. The third kappa shape index (κ3) is 3.01. The van der Waals surface area contributed by atoms with Crippen molar-refractivity contribution in [1.29, 1.82) is 0 Å². The van der Waals surface area contributed by atoms with Gasteiger partial charge in [-0.2, -0.15) is 0 Å². The minimum absolute atomic E-state index is 0.0780. The molecule has 0 saturated carbocycles. The second-order valence-corrected chi connectivity index (χ2v) is 6.07. The highest BCUT2D eigenvalue weighted by Gasteiger charge is 2.19. The van der Waals surface area contributed by atoms with E-state index in [0.717, 1.165) is 34.3 Å². The normalized spacial score (nSPS) is 19.6. The van der Waals surface area contributed by atoms with Crippen molar-refractivity contribution in [1.82, 2.24) is 9.55 Å². The summed E-state index contributed by atoms with van der Waals surface area (Å²) in [4.78, 5) is 4.67. The minimum atomic E-state index is 0.0780. The number of rotatable bonds is 4. The van der Waals surface area contributed by atoms with Crippen molar-refractivity contribution in [2.45, 2.75) is 19.1 Å². The van der Waals surface area contributed by atoms with Gasteiger partial charge < -0.3 is 14.0 Å². The van der Waals surface area contributed by atoms with Crippen LogP contribution in [-0.4, -0.2) is 41.4 Å². The van der Waals surface area contributed by atoms with Gasteiger partial charge in [0.05, 0.1) is 43.5 Å². The number of hydrogen-bond acceptors (Lipinski definition) is 3. The summed E-state index contributed by atoms with van der Waals surface area (Å²) >= 11 is 9.41. The molecule has 1 aromatic carbocycles. The number of aryl methyl sites for hydroxylation is 1. The first-order valence-corrected chi connectivity index (χ1v) is 8.00. The number of fused-ring (bicyclic) bond motifs is 1. The summed E-state index contributed by atoms with van der Waals surface area (Å²) in [5, 5.41) is 0. The van der Waals surface area contributed by atoms with E-state index in [9.17, 15) is 0 Å². The summed E-state index contributed by atoms with van der Waals surface area (Å²) in [6.45, 7) is 2.72. The maximum atomic E-state index is 5.89. The van der Waals surface area contributed by atoms with Crippen LogP contribution in [0.1, 0.15) is 5.82 Å². The maximum Gasteiger partial charge on any atom is 0.111 e. The number of alkyl halides is 1. The van der Waals surface area contributed by atoms with Crippen molar-refractivity contribution in [3.8, 4) is 0 Å². The topological polar surface area (TPSA) is 36.3 Å². The smallest absolute Gasteiger partial charge is 0.111 e. The van der Waals surface area contributed by atoms with Crippen LogP contribution < -0.4 is 0 Å². The average Bonchev–Trinajstić information content (AvgIpc) is 2.78. The van der Waals surface area contributed by atoms with E-state index < -0.39 is 0 Å². The van der Waals surface area contributed by atoms with Crippen LogP contribution in [0.15, 0.2) is 22.7 Å². The van der Waals surface area contributed by atoms with Gasteiger partial charge in [-0.05, 0) is 18.2 Å². The van der Waals surface area contributed by atoms with E-state index in [1.807, 2.05) is 12.1 Å². The van der Waals surface area contributed by atoms with Crippen LogP contribution in [0.2, 0.25) is 0 Å². The molecule has 4 nitrogen and oxygen atoms in total. The molecule has 0 spiro atoms. The maximum absolute atomic E-state index is 5.89. The van der Waals surface area contributed by atoms with Crippen LogP contribution >= 0.6 is 27.5 Å². The zero-order chi connectivity index (χ0) is 13.9. The van der Waals surface area contributed by atoms with Crippen LogP contribution in [0.5, 0.6) is 0 Å². The summed E-state index contributed by atoms with van der Waals surface area (Å²) in [6.07, 6.45) is 0.829. The van der Waals surface area contributed by atoms with E-state index in [4.69, 9.17) is 21.1 Å². The zero-order valence-corrected chi connectivity index (χ0v) is 13.4. The van der Waals surface area contributed by atoms with Crippen LogP contribution in [0.25, 0.3) is 11.0 Å². The summed E-state index contributed by atoms with van der Waals surface area (Å²) in [5.74, 6) is 1.56. The van der Waals surface area contributed by atoms with Crippen molar-refractivity contribution < 1.29 is 9.47 Å². The number of imidazole rings is 1. The van der Waals surface area contributed by atoms with Gasteiger partial charge >= 0.3 is 0 Å². The first-order valence-electron chi connectivity index (χ1n) is 6.68. The quantitative estimate of drug-likeness (QED) is 0.787. The van der Waals surface area contributed by atoms with Gasteiger partial charge in [0.2, 0.25) is 0 Å². The van der Waals surface area contributed by atoms with Gasteiger partial charge in [0.25, 0.3) is 0 Å². The van der Waals surface area contributed by atoms with Crippen molar-refractivity contribution in [2.24, 2.45) is 0 Å². The molecule has 0 radical (unpaired) electrons. The molecule has 20 heavy (non-hydrogen) atoms. The Morgan fingerprint density at radius 3 is 3.05 bits per heavy atom. The number of ether oxygens (including phenoxy) is 2. The molecular weight excluding hydrogens is 344 g/mol. The molecule has 108 valence electrons. The fourth-order valence-electron chi connectivity index (χ4n) is 2.47. The second kappa shape index (κ2) is 6.43. The number of nitrogens with zero attached hydrogens (tertiary/aromatic N) is 2. The van der Waals surface area contributed by atoms with E-state index in [1.54, 1.807) is 0 Å². The van der Waals surface area contributed by atoms with Crippen molar-refractivity contribution in [2.75, 3.05) is 25.7 Å². The van der Waals surface area contributed by atoms with Gasteiger partial charge in [0.15, 0.2) is 0 Å². The highest BCUT2D eigenvalue weighted by atomic mass is 79.9. The Hall–Kier alpha value is -0.620. The zero-order valence-electron chi connectivity index (χ0n) is 11.0. The summed E-state index contributed by atoms with van der Waals surface area (Å²) < 4.78 is 14.5. The molecule has 0 N–H and O–H groups in total. The first-order chi connectivity index (χ1) is 9.78. The summed E-state index contributed by atoms with van der Waals surface area (Å²) in [6, 6.07) is 6.11. The Labute approximate surface area is 131 Å². The molecule has 0 amide bonds. The van der Waals surface area contributed by atoms with Crippen molar-refractivity contribution in [3.63, 3.8) is 0 Å². The minimum Gasteiger partial charge on any atom is -0.376 e. The Kier molecular flexibility index (Phi) is 4.61. The predicted octanol–water partition coefficient (Wildman–Crippen LogP) is 3.00. The van der Waals surface area contributed by atoms with Crippen LogP contribution in [0.3, 0.4) is 0 Å². The molecule has 1 aromatic heterocycles. The Morgan fingerprint density at radius 2 is 2.30 bits per heavy atom. The molecule has 1 aliphatic heterocycles. The second-order valence-electron chi connectivity index (χ2n) is 4.78. The summed E-state index contributed by atoms with van der Waals surface area (Å²) in [7, 11) is 0. The molecule has 0 bridgehead atoms. The van der Waals surface area contributed by atoms with Crippen LogP contribution in [0.4, 0.5) is 0 Å². The molecule has 1 saturated heterocycles. The molecule has 1 aliphatic rings. The molecule has 1 fully saturated rings. The van der Waals surface area contributed by atoms with E-state index in [2.05, 4.69) is 31.5 Å². The lowest BCUT2D eigenvalue weighted by Gasteiger charge is -2.24. The molecule has 1 unspecified atom stereocenters. The van der Waals surface area contributed by atoms with E-state index >= 15 is 0 Å². The van der Waals surface area contributed by atoms with Crippen LogP contribution in [-0.2, 0) is 22.4 Å². The number of hydrogen-bond donors (Lipinski definition) is 0. The van der Waals surface area contributed by atoms with Crippen molar-refractivity contribution in [3.05, 3.63) is 28.5 Å².